The molecule has 0 radical (unpaired) electrons. The normalized spacial score (nSPS) is 27.7. The second kappa shape index (κ2) is 8.13. The van der Waals surface area contributed by atoms with E-state index in [2.05, 4.69) is 32.6 Å². The lowest BCUT2D eigenvalue weighted by atomic mass is 9.88. The summed E-state index contributed by atoms with van der Waals surface area (Å²) < 4.78 is 5.67. The first-order chi connectivity index (χ1) is 8.54. The molecule has 0 aromatic heterocycles. The standard InChI is InChI=1S/C15H32N2O/c1-12(2)15(7-8-16)6-5-9-17-10-14(4)18-11-13(17)3/h12-15H,5-11,16H2,1-4H3. The van der Waals surface area contributed by atoms with Gasteiger partial charge in [-0.25, -0.2) is 0 Å². The van der Waals surface area contributed by atoms with Gasteiger partial charge in [-0.3, -0.25) is 4.90 Å². The minimum absolute atomic E-state index is 0.395. The maximum atomic E-state index is 5.70. The van der Waals surface area contributed by atoms with Crippen LogP contribution >= 0.6 is 0 Å². The lowest BCUT2D eigenvalue weighted by molar-refractivity contribution is -0.0500. The molecule has 0 spiro atoms. The predicted octanol–water partition coefficient (Wildman–Crippen LogP) is 2.50. The summed E-state index contributed by atoms with van der Waals surface area (Å²) in [6, 6.07) is 0.577. The van der Waals surface area contributed by atoms with Crippen molar-refractivity contribution in [2.45, 2.75) is 59.1 Å². The van der Waals surface area contributed by atoms with Crippen LogP contribution in [0.15, 0.2) is 0 Å². The van der Waals surface area contributed by atoms with Crippen LogP contribution < -0.4 is 5.73 Å². The SMILES string of the molecule is CC1CN(CCCC(CCN)C(C)C)C(C)CO1. The summed E-state index contributed by atoms with van der Waals surface area (Å²) in [6.07, 6.45) is 4.17. The summed E-state index contributed by atoms with van der Waals surface area (Å²) in [6.45, 7) is 13.1. The van der Waals surface area contributed by atoms with Crippen molar-refractivity contribution in [2.24, 2.45) is 17.6 Å². The van der Waals surface area contributed by atoms with E-state index in [0.717, 1.165) is 31.5 Å². The van der Waals surface area contributed by atoms with E-state index < -0.39 is 0 Å². The molecule has 3 atom stereocenters. The Balaban J connectivity index is 2.26. The van der Waals surface area contributed by atoms with E-state index in [1.165, 1.54) is 25.8 Å². The number of hydrogen-bond donors (Lipinski definition) is 1. The van der Waals surface area contributed by atoms with Crippen LogP contribution in [0.2, 0.25) is 0 Å². The fraction of sp³-hybridized carbons (Fsp3) is 1.00. The molecule has 0 aliphatic carbocycles. The Morgan fingerprint density at radius 3 is 2.61 bits per heavy atom. The molecule has 1 heterocycles. The van der Waals surface area contributed by atoms with Gasteiger partial charge in [0.15, 0.2) is 0 Å². The molecule has 2 N–H and O–H groups in total. The summed E-state index contributed by atoms with van der Waals surface area (Å²) in [5, 5.41) is 0. The fourth-order valence-electron chi connectivity index (χ4n) is 2.87. The molecule has 0 aromatic carbocycles. The predicted molar refractivity (Wildman–Crippen MR) is 77.7 cm³/mol. The van der Waals surface area contributed by atoms with Gasteiger partial charge in [0.1, 0.15) is 0 Å². The van der Waals surface area contributed by atoms with Gasteiger partial charge in [0, 0.05) is 12.6 Å². The second-order valence-electron chi connectivity index (χ2n) is 6.21. The molecule has 3 unspecified atom stereocenters. The fourth-order valence-corrected chi connectivity index (χ4v) is 2.87. The van der Waals surface area contributed by atoms with Gasteiger partial charge < -0.3 is 10.5 Å². The van der Waals surface area contributed by atoms with Crippen LogP contribution in [0, 0.1) is 11.8 Å². The van der Waals surface area contributed by atoms with Gasteiger partial charge in [-0.1, -0.05) is 13.8 Å². The molecule has 108 valence electrons. The van der Waals surface area contributed by atoms with E-state index >= 15 is 0 Å². The minimum Gasteiger partial charge on any atom is -0.376 e. The Hall–Kier alpha value is -0.120. The van der Waals surface area contributed by atoms with Crippen molar-refractivity contribution in [2.75, 3.05) is 26.2 Å². The Morgan fingerprint density at radius 1 is 1.28 bits per heavy atom. The summed E-state index contributed by atoms with van der Waals surface area (Å²) in [7, 11) is 0. The smallest absolute Gasteiger partial charge is 0.0674 e. The van der Waals surface area contributed by atoms with Gasteiger partial charge in [-0.05, 0) is 58.0 Å². The van der Waals surface area contributed by atoms with Crippen LogP contribution in [0.4, 0.5) is 0 Å². The summed E-state index contributed by atoms with van der Waals surface area (Å²) >= 11 is 0. The van der Waals surface area contributed by atoms with Crippen LogP contribution in [0.5, 0.6) is 0 Å². The van der Waals surface area contributed by atoms with Crippen molar-refractivity contribution in [3.8, 4) is 0 Å². The Bertz CT molecular complexity index is 221. The van der Waals surface area contributed by atoms with Gasteiger partial charge in [0.25, 0.3) is 0 Å². The second-order valence-corrected chi connectivity index (χ2v) is 6.21. The zero-order valence-electron chi connectivity index (χ0n) is 12.7. The topological polar surface area (TPSA) is 38.5 Å². The third-order valence-electron chi connectivity index (χ3n) is 4.24. The van der Waals surface area contributed by atoms with E-state index in [-0.39, 0.29) is 0 Å². The number of nitrogens with zero attached hydrogens (tertiary/aromatic N) is 1. The number of rotatable bonds is 7. The van der Waals surface area contributed by atoms with E-state index in [0.29, 0.717) is 12.1 Å². The largest absolute Gasteiger partial charge is 0.376 e. The zero-order valence-corrected chi connectivity index (χ0v) is 12.7. The molecule has 1 aliphatic rings. The summed E-state index contributed by atoms with van der Waals surface area (Å²) in [5.74, 6) is 1.55. The average Bonchev–Trinajstić information content (AvgIpc) is 2.32. The Labute approximate surface area is 113 Å². The van der Waals surface area contributed by atoms with Gasteiger partial charge >= 0.3 is 0 Å². The van der Waals surface area contributed by atoms with E-state index in [4.69, 9.17) is 10.5 Å². The number of hydrogen-bond acceptors (Lipinski definition) is 3. The number of ether oxygens (including phenoxy) is 1. The first kappa shape index (κ1) is 15.9. The molecule has 0 saturated carbocycles. The first-order valence-electron chi connectivity index (χ1n) is 7.60. The monoisotopic (exact) mass is 256 g/mol. The van der Waals surface area contributed by atoms with Crippen molar-refractivity contribution in [1.29, 1.82) is 0 Å². The molecule has 3 nitrogen and oxygen atoms in total. The highest BCUT2D eigenvalue weighted by molar-refractivity contribution is 4.75. The van der Waals surface area contributed by atoms with Gasteiger partial charge in [0.05, 0.1) is 12.7 Å². The third-order valence-corrected chi connectivity index (χ3v) is 4.24. The Kier molecular flexibility index (Phi) is 7.20. The highest BCUT2D eigenvalue weighted by Crippen LogP contribution is 2.21. The van der Waals surface area contributed by atoms with Crippen molar-refractivity contribution in [3.05, 3.63) is 0 Å². The highest BCUT2D eigenvalue weighted by Gasteiger charge is 2.23. The van der Waals surface area contributed by atoms with Crippen LogP contribution in [0.1, 0.15) is 47.0 Å². The molecule has 1 aliphatic heterocycles. The molecule has 1 rings (SSSR count). The van der Waals surface area contributed by atoms with Gasteiger partial charge in [-0.2, -0.15) is 0 Å². The molecule has 0 amide bonds. The zero-order chi connectivity index (χ0) is 13.5. The molecule has 18 heavy (non-hydrogen) atoms. The summed E-state index contributed by atoms with van der Waals surface area (Å²) in [5.41, 5.74) is 5.70. The van der Waals surface area contributed by atoms with Crippen LogP contribution in [0.25, 0.3) is 0 Å². The summed E-state index contributed by atoms with van der Waals surface area (Å²) in [4.78, 5) is 2.58. The van der Waals surface area contributed by atoms with Crippen molar-refractivity contribution in [1.82, 2.24) is 4.90 Å². The van der Waals surface area contributed by atoms with Crippen LogP contribution in [0.3, 0.4) is 0 Å². The van der Waals surface area contributed by atoms with Crippen LogP contribution in [-0.4, -0.2) is 43.3 Å². The van der Waals surface area contributed by atoms with Crippen molar-refractivity contribution in [3.63, 3.8) is 0 Å². The molecular formula is C15H32N2O. The van der Waals surface area contributed by atoms with Crippen molar-refractivity contribution >= 4 is 0 Å². The quantitative estimate of drug-likeness (QED) is 0.760. The van der Waals surface area contributed by atoms with Crippen molar-refractivity contribution < 1.29 is 4.74 Å². The molecule has 1 fully saturated rings. The molecular weight excluding hydrogens is 224 g/mol. The molecule has 0 bridgehead atoms. The maximum Gasteiger partial charge on any atom is 0.0674 e. The third kappa shape index (κ3) is 5.25. The minimum atomic E-state index is 0.395. The van der Waals surface area contributed by atoms with E-state index in [9.17, 15) is 0 Å². The Morgan fingerprint density at radius 2 is 2.00 bits per heavy atom. The van der Waals surface area contributed by atoms with E-state index in [1.54, 1.807) is 0 Å². The first-order valence-corrected chi connectivity index (χ1v) is 7.60. The van der Waals surface area contributed by atoms with Gasteiger partial charge in [-0.15, -0.1) is 0 Å². The number of nitrogens with two attached hydrogens (primary N) is 1. The number of morpholine rings is 1. The highest BCUT2D eigenvalue weighted by atomic mass is 16.5. The molecule has 3 heteroatoms. The maximum absolute atomic E-state index is 5.70. The molecule has 1 saturated heterocycles. The molecule has 0 aromatic rings. The van der Waals surface area contributed by atoms with E-state index in [1.807, 2.05) is 0 Å². The average molecular weight is 256 g/mol. The lowest BCUT2D eigenvalue weighted by Crippen LogP contribution is -2.47. The van der Waals surface area contributed by atoms with Crippen LogP contribution in [-0.2, 0) is 4.74 Å². The van der Waals surface area contributed by atoms with Gasteiger partial charge in [0.2, 0.25) is 0 Å². The lowest BCUT2D eigenvalue weighted by Gasteiger charge is -2.37.